The van der Waals surface area contributed by atoms with Gasteiger partial charge in [0, 0.05) is 12.8 Å². The molecule has 0 aliphatic carbocycles. The Labute approximate surface area is 263 Å². The Balaban J connectivity index is 3.93. The first-order chi connectivity index (χ1) is 20.8. The number of rotatable bonds is 32. The number of unbranched alkanes of at least 4 members (excludes halogenated alkanes) is 20. The van der Waals surface area contributed by atoms with E-state index in [0.29, 0.717) is 6.42 Å². The van der Waals surface area contributed by atoms with E-state index in [9.17, 15) is 14.2 Å². The van der Waals surface area contributed by atoms with Gasteiger partial charge in [0.05, 0.1) is 6.61 Å². The number of carbonyl (C=O) groups excluding carboxylic acids is 2. The van der Waals surface area contributed by atoms with Crippen molar-refractivity contribution < 1.29 is 37.9 Å². The fourth-order valence-electron chi connectivity index (χ4n) is 4.90. The number of esters is 2. The van der Waals surface area contributed by atoms with Crippen LogP contribution in [-0.2, 0) is 28.2 Å². The first-order valence-corrected chi connectivity index (χ1v) is 19.0. The molecule has 0 radical (unpaired) electrons. The fourth-order valence-corrected chi connectivity index (χ4v) is 5.26. The first kappa shape index (κ1) is 41.8. The highest BCUT2D eigenvalue weighted by Gasteiger charge is 2.22. The van der Waals surface area contributed by atoms with Gasteiger partial charge in [0.1, 0.15) is 6.61 Å². The van der Waals surface area contributed by atoms with Crippen molar-refractivity contribution in [2.24, 2.45) is 0 Å². The van der Waals surface area contributed by atoms with Gasteiger partial charge >= 0.3 is 19.8 Å². The molecule has 0 fully saturated rings. The molecule has 0 aromatic carbocycles. The van der Waals surface area contributed by atoms with E-state index >= 15 is 0 Å². The van der Waals surface area contributed by atoms with E-state index in [-0.39, 0.29) is 19.4 Å². The second kappa shape index (κ2) is 30.8. The molecule has 254 valence electrons. The maximum atomic E-state index is 12.3. The van der Waals surface area contributed by atoms with E-state index in [2.05, 4.69) is 30.5 Å². The molecule has 0 aromatic rings. The topological polar surface area (TPSA) is 119 Å². The molecule has 2 N–H and O–H groups in total. The number of phosphoric ester groups is 1. The summed E-state index contributed by atoms with van der Waals surface area (Å²) in [4.78, 5) is 42.4. The van der Waals surface area contributed by atoms with Gasteiger partial charge in [-0.3, -0.25) is 14.1 Å². The molecule has 0 aliphatic heterocycles. The maximum absolute atomic E-state index is 12.3. The number of hydrogen-bond acceptors (Lipinski definition) is 6. The van der Waals surface area contributed by atoms with E-state index in [1.165, 1.54) is 103 Å². The Morgan fingerprint density at radius 3 is 1.44 bits per heavy atom. The monoisotopic (exact) mass is 632 g/mol. The minimum Gasteiger partial charge on any atom is -0.462 e. The molecule has 0 aliphatic rings. The summed E-state index contributed by atoms with van der Waals surface area (Å²) in [6.45, 7) is 3.62. The summed E-state index contributed by atoms with van der Waals surface area (Å²) in [5.41, 5.74) is 0. The summed E-state index contributed by atoms with van der Waals surface area (Å²) in [5, 5.41) is 0. The van der Waals surface area contributed by atoms with Gasteiger partial charge in [-0.15, -0.1) is 0 Å². The summed E-state index contributed by atoms with van der Waals surface area (Å²) in [7, 11) is -4.74. The highest BCUT2D eigenvalue weighted by molar-refractivity contribution is 7.46. The molecule has 0 bridgehead atoms. The molecule has 0 saturated carbocycles. The van der Waals surface area contributed by atoms with E-state index < -0.39 is 32.5 Å². The van der Waals surface area contributed by atoms with Crippen molar-refractivity contribution in [3.05, 3.63) is 12.2 Å². The van der Waals surface area contributed by atoms with Crippen LogP contribution in [0.4, 0.5) is 0 Å². The van der Waals surface area contributed by atoms with Crippen molar-refractivity contribution in [3.8, 4) is 0 Å². The predicted octanol–water partition coefficient (Wildman–Crippen LogP) is 9.90. The van der Waals surface area contributed by atoms with E-state index in [1.54, 1.807) is 0 Å². The van der Waals surface area contributed by atoms with Crippen LogP contribution in [0.3, 0.4) is 0 Å². The van der Waals surface area contributed by atoms with Crippen LogP contribution in [-0.4, -0.2) is 41.0 Å². The van der Waals surface area contributed by atoms with Crippen LogP contribution >= 0.6 is 7.82 Å². The van der Waals surface area contributed by atoms with E-state index in [0.717, 1.165) is 38.5 Å². The highest BCUT2D eigenvalue weighted by Crippen LogP contribution is 2.36. The Morgan fingerprint density at radius 1 is 0.581 bits per heavy atom. The standard InChI is InChI=1S/C34H65O8P/c1-3-5-7-9-11-13-14-15-16-17-18-19-20-21-23-25-27-29-34(36)42-32(31-41-43(37,38)39)30-40-33(35)28-26-24-22-12-10-8-6-4-2/h13-14,32H,3-12,15-31H2,1-2H3,(H2,37,38,39)/b14-13+/t32-/m1/s1. The number of ether oxygens (including phenoxy) is 2. The van der Waals surface area contributed by atoms with Crippen molar-refractivity contribution >= 4 is 19.8 Å². The molecular weight excluding hydrogens is 567 g/mol. The third kappa shape index (κ3) is 33.5. The second-order valence-electron chi connectivity index (χ2n) is 11.8. The van der Waals surface area contributed by atoms with Gasteiger partial charge in [0.25, 0.3) is 0 Å². The Kier molecular flexibility index (Phi) is 29.9. The molecule has 9 heteroatoms. The van der Waals surface area contributed by atoms with Crippen molar-refractivity contribution in [2.75, 3.05) is 13.2 Å². The Bertz CT molecular complexity index is 721. The van der Waals surface area contributed by atoms with Crippen molar-refractivity contribution in [3.63, 3.8) is 0 Å². The van der Waals surface area contributed by atoms with Gasteiger partial charge in [-0.2, -0.15) is 0 Å². The summed E-state index contributed by atoms with van der Waals surface area (Å²) < 4.78 is 26.2. The normalized spacial score (nSPS) is 12.6. The third-order valence-corrected chi connectivity index (χ3v) is 8.02. The molecule has 43 heavy (non-hydrogen) atoms. The number of allylic oxidation sites excluding steroid dienone is 2. The summed E-state index contributed by atoms with van der Waals surface area (Å²) in [6.07, 6.45) is 30.9. The summed E-state index contributed by atoms with van der Waals surface area (Å²) >= 11 is 0. The van der Waals surface area contributed by atoms with Crippen LogP contribution in [0.25, 0.3) is 0 Å². The number of phosphoric acid groups is 1. The molecule has 0 amide bonds. The minimum absolute atomic E-state index is 0.213. The van der Waals surface area contributed by atoms with Crippen molar-refractivity contribution in [1.82, 2.24) is 0 Å². The lowest BCUT2D eigenvalue weighted by atomic mass is 10.1. The van der Waals surface area contributed by atoms with Gasteiger partial charge in [0.15, 0.2) is 6.10 Å². The zero-order valence-corrected chi connectivity index (χ0v) is 28.5. The average Bonchev–Trinajstić information content (AvgIpc) is 2.97. The van der Waals surface area contributed by atoms with Crippen LogP contribution < -0.4 is 0 Å². The van der Waals surface area contributed by atoms with Gasteiger partial charge in [0.2, 0.25) is 0 Å². The lowest BCUT2D eigenvalue weighted by Gasteiger charge is -2.18. The Hall–Kier alpha value is -1.21. The molecule has 0 saturated heterocycles. The quantitative estimate of drug-likeness (QED) is 0.0325. The number of hydrogen-bond donors (Lipinski definition) is 2. The molecule has 8 nitrogen and oxygen atoms in total. The highest BCUT2D eigenvalue weighted by atomic mass is 31.2. The SMILES string of the molecule is CCCCCC/C=C/CCCCCCCCCCCC(=O)O[C@H](COC(=O)CCCCCCCCCC)COP(=O)(O)O. The van der Waals surface area contributed by atoms with E-state index in [4.69, 9.17) is 19.3 Å². The molecule has 1 atom stereocenters. The first-order valence-electron chi connectivity index (χ1n) is 17.5. The lowest BCUT2D eigenvalue weighted by Crippen LogP contribution is -2.29. The van der Waals surface area contributed by atoms with Crippen molar-refractivity contribution in [1.29, 1.82) is 0 Å². The van der Waals surface area contributed by atoms with Gasteiger partial charge in [-0.25, -0.2) is 4.57 Å². The van der Waals surface area contributed by atoms with Crippen LogP contribution in [0.2, 0.25) is 0 Å². The average molecular weight is 633 g/mol. The second-order valence-corrected chi connectivity index (χ2v) is 13.1. The van der Waals surface area contributed by atoms with Crippen LogP contribution in [0, 0.1) is 0 Å². The minimum atomic E-state index is -4.74. The molecule has 0 spiro atoms. The molecule has 0 aromatic heterocycles. The predicted molar refractivity (Wildman–Crippen MR) is 175 cm³/mol. The third-order valence-electron chi connectivity index (χ3n) is 7.53. The van der Waals surface area contributed by atoms with Crippen LogP contribution in [0.15, 0.2) is 12.2 Å². The maximum Gasteiger partial charge on any atom is 0.469 e. The zero-order chi connectivity index (χ0) is 31.9. The fraction of sp³-hybridized carbons (Fsp3) is 0.882. The zero-order valence-electron chi connectivity index (χ0n) is 27.6. The van der Waals surface area contributed by atoms with Gasteiger partial charge in [-0.05, 0) is 38.5 Å². The lowest BCUT2D eigenvalue weighted by molar-refractivity contribution is -0.161. The smallest absolute Gasteiger partial charge is 0.462 e. The summed E-state index contributed by atoms with van der Waals surface area (Å²) in [5.74, 6) is -0.887. The van der Waals surface area contributed by atoms with E-state index in [1.807, 2.05) is 0 Å². The summed E-state index contributed by atoms with van der Waals surface area (Å²) in [6, 6.07) is 0. The van der Waals surface area contributed by atoms with Crippen molar-refractivity contribution in [2.45, 2.75) is 180 Å². The van der Waals surface area contributed by atoms with Gasteiger partial charge in [-0.1, -0.05) is 135 Å². The Morgan fingerprint density at radius 2 is 0.977 bits per heavy atom. The van der Waals surface area contributed by atoms with Crippen LogP contribution in [0.5, 0.6) is 0 Å². The van der Waals surface area contributed by atoms with Crippen LogP contribution in [0.1, 0.15) is 174 Å². The number of carbonyl (C=O) groups is 2. The molecule has 0 rings (SSSR count). The largest absolute Gasteiger partial charge is 0.469 e. The molecular formula is C34H65O8P. The van der Waals surface area contributed by atoms with Gasteiger partial charge < -0.3 is 19.3 Å². The molecule has 0 unspecified atom stereocenters. The molecule has 0 heterocycles.